The first-order valence-electron chi connectivity index (χ1n) is 7.86. The molecule has 22 heavy (non-hydrogen) atoms. The fourth-order valence-corrected chi connectivity index (χ4v) is 5.33. The van der Waals surface area contributed by atoms with E-state index in [-0.39, 0.29) is 12.2 Å². The van der Waals surface area contributed by atoms with Crippen LogP contribution in [0.2, 0.25) is 0 Å². The van der Waals surface area contributed by atoms with Gasteiger partial charge in [0.15, 0.2) is 9.84 Å². The van der Waals surface area contributed by atoms with Crippen LogP contribution in [0, 0.1) is 0 Å². The Morgan fingerprint density at radius 2 is 2.09 bits per heavy atom. The third-order valence-electron chi connectivity index (χ3n) is 4.80. The number of benzene rings is 1. The molecule has 2 fully saturated rings. The van der Waals surface area contributed by atoms with Crippen LogP contribution in [0.25, 0.3) is 0 Å². The monoisotopic (exact) mass is 323 g/mol. The van der Waals surface area contributed by atoms with Crippen LogP contribution in [0.1, 0.15) is 44.8 Å². The van der Waals surface area contributed by atoms with E-state index in [0.29, 0.717) is 17.1 Å². The lowest BCUT2D eigenvalue weighted by Crippen LogP contribution is -2.42. The van der Waals surface area contributed by atoms with Gasteiger partial charge in [-0.05, 0) is 45.7 Å². The molecule has 2 saturated heterocycles. The number of rotatable bonds is 2. The van der Waals surface area contributed by atoms with E-state index in [1.54, 1.807) is 12.1 Å². The Balaban J connectivity index is 1.79. The Morgan fingerprint density at radius 3 is 2.82 bits per heavy atom. The average molecular weight is 323 g/mol. The zero-order valence-electron chi connectivity index (χ0n) is 12.8. The molecule has 3 aliphatic rings. The highest BCUT2D eigenvalue weighted by Gasteiger charge is 2.57. The molecule has 3 heterocycles. The van der Waals surface area contributed by atoms with Crippen molar-refractivity contribution < 1.29 is 17.9 Å². The van der Waals surface area contributed by atoms with E-state index in [4.69, 9.17) is 9.47 Å². The first-order chi connectivity index (χ1) is 10.4. The summed E-state index contributed by atoms with van der Waals surface area (Å²) in [4.78, 5) is 0.298. The van der Waals surface area contributed by atoms with Crippen molar-refractivity contribution in [2.24, 2.45) is 0 Å². The van der Waals surface area contributed by atoms with Crippen molar-refractivity contribution in [3.63, 3.8) is 0 Å². The van der Waals surface area contributed by atoms with Gasteiger partial charge in [0.2, 0.25) is 0 Å². The van der Waals surface area contributed by atoms with Crippen molar-refractivity contribution in [1.82, 2.24) is 5.32 Å². The molecule has 6 heteroatoms. The predicted molar refractivity (Wildman–Crippen MR) is 81.6 cm³/mol. The molecule has 0 aliphatic carbocycles. The molecular weight excluding hydrogens is 302 g/mol. The van der Waals surface area contributed by atoms with E-state index in [9.17, 15) is 8.42 Å². The number of ether oxygens (including phenoxy) is 2. The Labute approximate surface area is 130 Å². The molecule has 0 bridgehead atoms. The lowest BCUT2D eigenvalue weighted by Gasteiger charge is -2.32. The van der Waals surface area contributed by atoms with Crippen molar-refractivity contribution in [3.8, 4) is 5.75 Å². The fourth-order valence-electron chi connectivity index (χ4n) is 3.53. The van der Waals surface area contributed by atoms with Crippen molar-refractivity contribution >= 4 is 9.84 Å². The summed E-state index contributed by atoms with van der Waals surface area (Å²) >= 11 is 0. The number of epoxide rings is 1. The average Bonchev–Trinajstić information content (AvgIpc) is 3.29. The van der Waals surface area contributed by atoms with Crippen molar-refractivity contribution in [3.05, 3.63) is 23.8 Å². The first-order valence-corrected chi connectivity index (χ1v) is 9.40. The summed E-state index contributed by atoms with van der Waals surface area (Å²) in [5.41, 5.74) is 0.365. The Morgan fingerprint density at radius 1 is 1.27 bits per heavy atom. The molecule has 1 aromatic carbocycles. The molecule has 3 unspecified atom stereocenters. The van der Waals surface area contributed by atoms with Crippen LogP contribution in [0.3, 0.4) is 0 Å². The summed E-state index contributed by atoms with van der Waals surface area (Å²) in [6.07, 6.45) is 2.60. The van der Waals surface area contributed by atoms with Gasteiger partial charge in [0.25, 0.3) is 0 Å². The molecule has 0 spiro atoms. The number of fused-ring (bicyclic) bond motifs is 3. The minimum atomic E-state index is -3.45. The van der Waals surface area contributed by atoms with Gasteiger partial charge in [-0.25, -0.2) is 8.42 Å². The van der Waals surface area contributed by atoms with Crippen molar-refractivity contribution in [2.45, 2.75) is 61.2 Å². The van der Waals surface area contributed by atoms with E-state index in [2.05, 4.69) is 5.32 Å². The Bertz CT molecular complexity index is 707. The maximum absolute atomic E-state index is 13.0. The number of piperidine rings is 1. The number of hydrogen-bond donors (Lipinski definition) is 1. The van der Waals surface area contributed by atoms with Crippen LogP contribution in [-0.4, -0.2) is 32.0 Å². The minimum Gasteiger partial charge on any atom is -0.483 e. The molecule has 5 nitrogen and oxygen atoms in total. The number of para-hydroxylation sites is 1. The summed E-state index contributed by atoms with van der Waals surface area (Å²) in [7, 11) is -3.45. The van der Waals surface area contributed by atoms with E-state index >= 15 is 0 Å². The highest BCUT2D eigenvalue weighted by molar-refractivity contribution is 7.92. The molecule has 3 aliphatic heterocycles. The third-order valence-corrected chi connectivity index (χ3v) is 6.89. The smallest absolute Gasteiger partial charge is 0.197 e. The maximum atomic E-state index is 13.0. The second kappa shape index (κ2) is 4.69. The summed E-state index contributed by atoms with van der Waals surface area (Å²) in [6, 6.07) is 5.35. The van der Waals surface area contributed by atoms with E-state index in [1.165, 1.54) is 0 Å². The Kier molecular flexibility index (Phi) is 3.09. The molecule has 120 valence electrons. The lowest BCUT2D eigenvalue weighted by molar-refractivity contribution is 0.0691. The predicted octanol–water partition coefficient (Wildman–Crippen LogP) is 2.17. The van der Waals surface area contributed by atoms with Gasteiger partial charge in [-0.3, -0.25) is 0 Å². The summed E-state index contributed by atoms with van der Waals surface area (Å²) < 4.78 is 37.8. The van der Waals surface area contributed by atoms with Crippen LogP contribution in [-0.2, 0) is 14.6 Å². The number of sulfone groups is 1. The highest BCUT2D eigenvalue weighted by atomic mass is 32.2. The molecule has 0 aromatic heterocycles. The van der Waals surface area contributed by atoms with Gasteiger partial charge in [-0.1, -0.05) is 12.1 Å². The molecule has 0 amide bonds. The molecule has 4 rings (SSSR count). The molecule has 0 radical (unpaired) electrons. The van der Waals surface area contributed by atoms with Gasteiger partial charge in [0.05, 0.1) is 0 Å². The summed E-state index contributed by atoms with van der Waals surface area (Å²) in [5, 5.41) is 2.62. The van der Waals surface area contributed by atoms with Crippen LogP contribution in [0.4, 0.5) is 0 Å². The minimum absolute atomic E-state index is 0.0192. The topological polar surface area (TPSA) is 67.9 Å². The normalized spacial score (nSPS) is 32.5. The summed E-state index contributed by atoms with van der Waals surface area (Å²) in [6.45, 7) is 4.64. The van der Waals surface area contributed by atoms with Gasteiger partial charge < -0.3 is 14.8 Å². The van der Waals surface area contributed by atoms with Crippen LogP contribution < -0.4 is 10.1 Å². The van der Waals surface area contributed by atoms with Crippen molar-refractivity contribution in [1.29, 1.82) is 0 Å². The number of nitrogens with one attached hydrogen (secondary N) is 1. The zero-order valence-corrected chi connectivity index (χ0v) is 13.7. The van der Waals surface area contributed by atoms with E-state index < -0.39 is 20.8 Å². The van der Waals surface area contributed by atoms with Crippen LogP contribution in [0.5, 0.6) is 5.75 Å². The third kappa shape index (κ3) is 2.08. The Hall–Kier alpha value is -1.11. The first kappa shape index (κ1) is 14.5. The van der Waals surface area contributed by atoms with Gasteiger partial charge in [-0.2, -0.15) is 0 Å². The van der Waals surface area contributed by atoms with Gasteiger partial charge in [0, 0.05) is 5.56 Å². The van der Waals surface area contributed by atoms with Crippen molar-refractivity contribution in [2.75, 3.05) is 6.54 Å². The molecule has 1 N–H and O–H groups in total. The van der Waals surface area contributed by atoms with Gasteiger partial charge in [-0.15, -0.1) is 0 Å². The molecule has 3 atom stereocenters. The van der Waals surface area contributed by atoms with E-state index in [1.807, 2.05) is 19.9 Å². The standard InChI is InChI=1S/C16H21NO4S/c1-16(2)15-14(20-15)10-6-5-7-11(13(10)21-16)22(18,19)12-8-3-4-9-17-12/h5-7,12,14-15,17H,3-4,8-9H2,1-2H3. The fraction of sp³-hybridized carbons (Fsp3) is 0.625. The molecule has 0 saturated carbocycles. The molecule has 1 aromatic rings. The van der Waals surface area contributed by atoms with Gasteiger partial charge >= 0.3 is 0 Å². The van der Waals surface area contributed by atoms with Crippen LogP contribution >= 0.6 is 0 Å². The highest BCUT2D eigenvalue weighted by Crippen LogP contribution is 2.55. The van der Waals surface area contributed by atoms with Gasteiger partial charge in [0.1, 0.15) is 33.8 Å². The quantitative estimate of drug-likeness (QED) is 0.845. The second-order valence-electron chi connectivity index (χ2n) is 6.84. The SMILES string of the molecule is CC1(C)Oc2c(cccc2S(=O)(=O)C2CCCCN2)C2OC21. The lowest BCUT2D eigenvalue weighted by atomic mass is 9.94. The zero-order chi connectivity index (χ0) is 15.5. The largest absolute Gasteiger partial charge is 0.483 e. The number of hydrogen-bond acceptors (Lipinski definition) is 5. The van der Waals surface area contributed by atoms with E-state index in [0.717, 1.165) is 24.9 Å². The van der Waals surface area contributed by atoms with Crippen LogP contribution in [0.15, 0.2) is 23.1 Å². The molecular formula is C16H21NO4S. The second-order valence-corrected chi connectivity index (χ2v) is 8.94. The summed E-state index contributed by atoms with van der Waals surface area (Å²) in [5.74, 6) is 0.485. The maximum Gasteiger partial charge on any atom is 0.197 e.